The number of rotatable bonds is 5. The van der Waals surface area contributed by atoms with Crippen molar-refractivity contribution in [3.63, 3.8) is 0 Å². The molecule has 0 bridgehead atoms. The van der Waals surface area contributed by atoms with Gasteiger partial charge in [0.15, 0.2) is 12.4 Å². The fourth-order valence-electron chi connectivity index (χ4n) is 1.81. The quantitative estimate of drug-likeness (QED) is 0.678. The SMILES string of the molecule is CC(C)Cn1ncnc1COC(=O)c1cccc(N)c1Cl. The van der Waals surface area contributed by atoms with E-state index in [2.05, 4.69) is 23.9 Å². The van der Waals surface area contributed by atoms with Gasteiger partial charge in [0.25, 0.3) is 0 Å². The summed E-state index contributed by atoms with van der Waals surface area (Å²) < 4.78 is 6.95. The van der Waals surface area contributed by atoms with E-state index in [0.29, 0.717) is 24.0 Å². The van der Waals surface area contributed by atoms with Crippen LogP contribution in [0.4, 0.5) is 5.69 Å². The molecular weight excluding hydrogens is 292 g/mol. The number of nitrogens with zero attached hydrogens (tertiary/aromatic N) is 3. The van der Waals surface area contributed by atoms with Gasteiger partial charge in [-0.1, -0.05) is 31.5 Å². The lowest BCUT2D eigenvalue weighted by Gasteiger charge is -2.10. The summed E-state index contributed by atoms with van der Waals surface area (Å²) in [7, 11) is 0. The standard InChI is InChI=1S/C14H17ClN4O2/c1-9(2)6-19-12(17-8-18-19)7-21-14(20)10-4-3-5-11(16)13(10)15/h3-5,8-9H,6-7,16H2,1-2H3. The molecule has 0 unspecified atom stereocenters. The van der Waals surface area contributed by atoms with Crippen LogP contribution in [0.15, 0.2) is 24.5 Å². The number of hydrogen-bond donors (Lipinski definition) is 1. The first-order valence-corrected chi connectivity index (χ1v) is 6.94. The highest BCUT2D eigenvalue weighted by Gasteiger charge is 2.15. The Balaban J connectivity index is 2.05. The van der Waals surface area contributed by atoms with Gasteiger partial charge in [-0.3, -0.25) is 0 Å². The van der Waals surface area contributed by atoms with Crippen molar-refractivity contribution >= 4 is 23.3 Å². The van der Waals surface area contributed by atoms with Crippen LogP contribution in [0.3, 0.4) is 0 Å². The summed E-state index contributed by atoms with van der Waals surface area (Å²) >= 11 is 5.99. The molecule has 2 aromatic rings. The number of halogens is 1. The number of hydrogen-bond acceptors (Lipinski definition) is 5. The largest absolute Gasteiger partial charge is 0.454 e. The molecule has 0 fully saturated rings. The number of carbonyl (C=O) groups is 1. The Morgan fingerprint density at radius 2 is 2.24 bits per heavy atom. The zero-order valence-electron chi connectivity index (χ0n) is 11.9. The number of aromatic nitrogens is 3. The highest BCUT2D eigenvalue weighted by atomic mass is 35.5. The van der Waals surface area contributed by atoms with Crippen LogP contribution in [-0.4, -0.2) is 20.7 Å². The molecule has 2 rings (SSSR count). The summed E-state index contributed by atoms with van der Waals surface area (Å²) in [5.74, 6) is 0.480. The fourth-order valence-corrected chi connectivity index (χ4v) is 2.02. The van der Waals surface area contributed by atoms with Gasteiger partial charge in [-0.05, 0) is 18.1 Å². The Bertz CT molecular complexity index is 640. The Hall–Kier alpha value is -2.08. The zero-order valence-corrected chi connectivity index (χ0v) is 12.7. The van der Waals surface area contributed by atoms with Crippen molar-refractivity contribution in [2.45, 2.75) is 27.0 Å². The van der Waals surface area contributed by atoms with Crippen LogP contribution in [0.25, 0.3) is 0 Å². The normalized spacial score (nSPS) is 10.9. The third kappa shape index (κ3) is 3.72. The summed E-state index contributed by atoms with van der Waals surface area (Å²) in [6, 6.07) is 4.84. The van der Waals surface area contributed by atoms with Crippen molar-refractivity contribution in [2.75, 3.05) is 5.73 Å². The second-order valence-electron chi connectivity index (χ2n) is 5.04. The predicted octanol–water partition coefficient (Wildman–Crippen LogP) is 2.53. The summed E-state index contributed by atoms with van der Waals surface area (Å²) in [5, 5.41) is 4.31. The molecule has 0 aliphatic heterocycles. The molecule has 0 saturated carbocycles. The van der Waals surface area contributed by atoms with Crippen LogP contribution in [0.2, 0.25) is 5.02 Å². The van der Waals surface area contributed by atoms with Gasteiger partial charge in [0.05, 0.1) is 16.3 Å². The molecule has 0 spiro atoms. The van der Waals surface area contributed by atoms with Crippen LogP contribution in [0.1, 0.15) is 30.0 Å². The average molecular weight is 309 g/mol. The van der Waals surface area contributed by atoms with Crippen molar-refractivity contribution in [1.82, 2.24) is 14.8 Å². The van der Waals surface area contributed by atoms with Crippen LogP contribution < -0.4 is 5.73 Å². The van der Waals surface area contributed by atoms with E-state index in [1.165, 1.54) is 6.33 Å². The molecule has 0 atom stereocenters. The van der Waals surface area contributed by atoms with E-state index >= 15 is 0 Å². The van der Waals surface area contributed by atoms with Crippen LogP contribution in [-0.2, 0) is 17.9 Å². The second-order valence-corrected chi connectivity index (χ2v) is 5.42. The molecule has 0 amide bonds. The molecule has 2 N–H and O–H groups in total. The Labute approximate surface area is 127 Å². The lowest BCUT2D eigenvalue weighted by molar-refractivity contribution is 0.0456. The van der Waals surface area contributed by atoms with Gasteiger partial charge in [-0.25, -0.2) is 14.5 Å². The Morgan fingerprint density at radius 1 is 1.48 bits per heavy atom. The molecule has 0 radical (unpaired) electrons. The summed E-state index contributed by atoms with van der Waals surface area (Å²) in [5.41, 5.74) is 6.25. The van der Waals surface area contributed by atoms with Gasteiger partial charge in [0, 0.05) is 6.54 Å². The van der Waals surface area contributed by atoms with Gasteiger partial charge in [0.2, 0.25) is 0 Å². The molecule has 0 saturated heterocycles. The first kappa shape index (κ1) is 15.3. The van der Waals surface area contributed by atoms with Crippen LogP contribution in [0, 0.1) is 5.92 Å². The van der Waals surface area contributed by atoms with E-state index in [0.717, 1.165) is 0 Å². The first-order chi connectivity index (χ1) is 9.99. The first-order valence-electron chi connectivity index (χ1n) is 6.56. The minimum Gasteiger partial charge on any atom is -0.454 e. The molecule has 1 heterocycles. The minimum absolute atomic E-state index is 0.0384. The number of anilines is 1. The van der Waals surface area contributed by atoms with Crippen molar-refractivity contribution in [1.29, 1.82) is 0 Å². The third-order valence-electron chi connectivity index (χ3n) is 2.81. The van der Waals surface area contributed by atoms with E-state index in [1.807, 2.05) is 0 Å². The van der Waals surface area contributed by atoms with Crippen molar-refractivity contribution in [3.8, 4) is 0 Å². The number of carbonyl (C=O) groups excluding carboxylic acids is 1. The molecule has 0 aliphatic carbocycles. The van der Waals surface area contributed by atoms with Gasteiger partial charge in [-0.15, -0.1) is 0 Å². The van der Waals surface area contributed by atoms with Crippen molar-refractivity contribution in [3.05, 3.63) is 40.9 Å². The van der Waals surface area contributed by atoms with Crippen LogP contribution >= 0.6 is 11.6 Å². The lowest BCUT2D eigenvalue weighted by atomic mass is 10.2. The van der Waals surface area contributed by atoms with E-state index in [9.17, 15) is 4.79 Å². The van der Waals surface area contributed by atoms with E-state index in [-0.39, 0.29) is 17.2 Å². The number of nitrogen functional groups attached to an aromatic ring is 1. The lowest BCUT2D eigenvalue weighted by Crippen LogP contribution is -2.14. The van der Waals surface area contributed by atoms with Gasteiger partial charge < -0.3 is 10.5 Å². The Morgan fingerprint density at radius 3 is 2.95 bits per heavy atom. The molecule has 21 heavy (non-hydrogen) atoms. The maximum absolute atomic E-state index is 12.0. The van der Waals surface area contributed by atoms with Gasteiger partial charge in [0.1, 0.15) is 6.33 Å². The zero-order chi connectivity index (χ0) is 15.4. The summed E-state index contributed by atoms with van der Waals surface area (Å²) in [4.78, 5) is 16.1. The molecule has 1 aromatic carbocycles. The van der Waals surface area contributed by atoms with Gasteiger partial charge >= 0.3 is 5.97 Å². The average Bonchev–Trinajstić information content (AvgIpc) is 2.85. The number of esters is 1. The second kappa shape index (κ2) is 6.58. The summed E-state index contributed by atoms with van der Waals surface area (Å²) in [6.07, 6.45) is 1.44. The molecule has 112 valence electrons. The maximum atomic E-state index is 12.0. The molecule has 7 heteroatoms. The van der Waals surface area contributed by atoms with Crippen LogP contribution in [0.5, 0.6) is 0 Å². The van der Waals surface area contributed by atoms with Gasteiger partial charge in [-0.2, -0.15) is 5.10 Å². The topological polar surface area (TPSA) is 83.0 Å². The van der Waals surface area contributed by atoms with E-state index in [4.69, 9.17) is 22.1 Å². The highest BCUT2D eigenvalue weighted by Crippen LogP contribution is 2.23. The third-order valence-corrected chi connectivity index (χ3v) is 3.24. The summed E-state index contributed by atoms with van der Waals surface area (Å²) in [6.45, 7) is 4.90. The van der Waals surface area contributed by atoms with E-state index in [1.54, 1.807) is 22.9 Å². The monoisotopic (exact) mass is 308 g/mol. The molecule has 6 nitrogen and oxygen atoms in total. The minimum atomic E-state index is -0.536. The molecular formula is C14H17ClN4O2. The predicted molar refractivity (Wildman–Crippen MR) is 79.8 cm³/mol. The fraction of sp³-hybridized carbons (Fsp3) is 0.357. The number of ether oxygens (including phenoxy) is 1. The van der Waals surface area contributed by atoms with Crippen molar-refractivity contribution in [2.24, 2.45) is 5.92 Å². The Kier molecular flexibility index (Phi) is 4.80. The van der Waals surface area contributed by atoms with E-state index < -0.39 is 5.97 Å². The molecule has 1 aromatic heterocycles. The maximum Gasteiger partial charge on any atom is 0.340 e. The molecule has 0 aliphatic rings. The number of nitrogens with two attached hydrogens (primary N) is 1. The van der Waals surface area contributed by atoms with Crippen molar-refractivity contribution < 1.29 is 9.53 Å². The highest BCUT2D eigenvalue weighted by molar-refractivity contribution is 6.36. The number of benzene rings is 1. The smallest absolute Gasteiger partial charge is 0.340 e.